The van der Waals surface area contributed by atoms with Crippen LogP contribution >= 0.6 is 11.3 Å². The Kier molecular flexibility index (Phi) is 2.38. The zero-order valence-electron chi connectivity index (χ0n) is 8.83. The minimum Gasteiger partial charge on any atom is -0.380 e. The first-order valence-corrected chi connectivity index (χ1v) is 5.98. The molecule has 17 heavy (non-hydrogen) atoms. The molecular formula is C12H9N3OS. The van der Waals surface area contributed by atoms with Gasteiger partial charge in [0.2, 0.25) is 0 Å². The normalized spacial score (nSPS) is 10.6. The number of thiophene rings is 1. The number of nitrogen functional groups attached to an aromatic ring is 1. The number of aromatic nitrogens is 2. The highest BCUT2D eigenvalue weighted by atomic mass is 32.1. The van der Waals surface area contributed by atoms with Crippen LogP contribution < -0.4 is 5.73 Å². The maximum atomic E-state index is 5.86. The molecule has 0 aliphatic heterocycles. The van der Waals surface area contributed by atoms with Crippen molar-refractivity contribution in [1.82, 2.24) is 10.1 Å². The van der Waals surface area contributed by atoms with Crippen LogP contribution in [0.1, 0.15) is 0 Å². The molecule has 0 aliphatic carbocycles. The molecule has 0 saturated heterocycles. The lowest BCUT2D eigenvalue weighted by molar-refractivity contribution is 0.436. The van der Waals surface area contributed by atoms with Gasteiger partial charge in [-0.3, -0.25) is 4.98 Å². The molecule has 0 aliphatic rings. The fourth-order valence-corrected chi connectivity index (χ4v) is 2.33. The Bertz CT molecular complexity index is 617. The van der Waals surface area contributed by atoms with Gasteiger partial charge in [0.25, 0.3) is 0 Å². The summed E-state index contributed by atoms with van der Waals surface area (Å²) < 4.78 is 5.31. The second kappa shape index (κ2) is 4.03. The molecule has 3 aromatic heterocycles. The van der Waals surface area contributed by atoms with Crippen LogP contribution in [0, 0.1) is 0 Å². The average Bonchev–Trinajstić information content (AvgIpc) is 2.98. The number of nitrogens with two attached hydrogens (primary N) is 1. The van der Waals surface area contributed by atoms with Crippen LogP contribution in [0.15, 0.2) is 45.9 Å². The van der Waals surface area contributed by atoms with Gasteiger partial charge in [-0.25, -0.2) is 0 Å². The lowest BCUT2D eigenvalue weighted by atomic mass is 10.0. The molecule has 0 bridgehead atoms. The number of hydrogen-bond donors (Lipinski definition) is 1. The predicted molar refractivity (Wildman–Crippen MR) is 67.5 cm³/mol. The maximum Gasteiger partial charge on any atom is 0.177 e. The van der Waals surface area contributed by atoms with Crippen molar-refractivity contribution in [2.24, 2.45) is 0 Å². The van der Waals surface area contributed by atoms with Gasteiger partial charge in [0, 0.05) is 23.3 Å². The van der Waals surface area contributed by atoms with Gasteiger partial charge in [-0.15, -0.1) is 0 Å². The van der Waals surface area contributed by atoms with E-state index in [0.717, 1.165) is 16.7 Å². The number of pyridine rings is 1. The van der Waals surface area contributed by atoms with Gasteiger partial charge in [-0.1, -0.05) is 5.16 Å². The average molecular weight is 243 g/mol. The van der Waals surface area contributed by atoms with Gasteiger partial charge in [-0.2, -0.15) is 11.3 Å². The predicted octanol–water partition coefficient (Wildman–Crippen LogP) is 3.05. The van der Waals surface area contributed by atoms with Crippen molar-refractivity contribution < 1.29 is 4.52 Å². The lowest BCUT2D eigenvalue weighted by Crippen LogP contribution is -1.88. The number of anilines is 1. The third kappa shape index (κ3) is 1.70. The van der Waals surface area contributed by atoms with E-state index < -0.39 is 0 Å². The van der Waals surface area contributed by atoms with E-state index in [1.807, 2.05) is 29.0 Å². The Morgan fingerprint density at radius 2 is 1.94 bits per heavy atom. The zero-order valence-corrected chi connectivity index (χ0v) is 9.65. The summed E-state index contributed by atoms with van der Waals surface area (Å²) in [5, 5.41) is 7.83. The van der Waals surface area contributed by atoms with Crippen LogP contribution in [0.4, 0.5) is 5.82 Å². The van der Waals surface area contributed by atoms with Crippen molar-refractivity contribution in [1.29, 1.82) is 0 Å². The van der Waals surface area contributed by atoms with E-state index >= 15 is 0 Å². The SMILES string of the molecule is Nc1noc(-c2ccsc2)c1-c1ccncc1. The smallest absolute Gasteiger partial charge is 0.177 e. The Balaban J connectivity index is 2.20. The van der Waals surface area contributed by atoms with Crippen LogP contribution in [0.3, 0.4) is 0 Å². The fourth-order valence-electron chi connectivity index (χ4n) is 1.69. The van der Waals surface area contributed by atoms with E-state index in [4.69, 9.17) is 10.3 Å². The van der Waals surface area contributed by atoms with Gasteiger partial charge < -0.3 is 10.3 Å². The summed E-state index contributed by atoms with van der Waals surface area (Å²) in [6.07, 6.45) is 3.44. The highest BCUT2D eigenvalue weighted by Gasteiger charge is 2.17. The minimum atomic E-state index is 0.400. The van der Waals surface area contributed by atoms with Crippen molar-refractivity contribution in [2.45, 2.75) is 0 Å². The number of nitrogens with zero attached hydrogens (tertiary/aromatic N) is 2. The topological polar surface area (TPSA) is 64.9 Å². The summed E-state index contributed by atoms with van der Waals surface area (Å²) in [5.41, 5.74) is 8.63. The molecule has 0 radical (unpaired) electrons. The summed E-state index contributed by atoms with van der Waals surface area (Å²) in [6.45, 7) is 0. The molecule has 3 heterocycles. The first kappa shape index (κ1) is 10.0. The third-order valence-electron chi connectivity index (χ3n) is 2.47. The van der Waals surface area contributed by atoms with E-state index in [9.17, 15) is 0 Å². The molecule has 0 aromatic carbocycles. The van der Waals surface area contributed by atoms with Crippen LogP contribution in [0.2, 0.25) is 0 Å². The summed E-state index contributed by atoms with van der Waals surface area (Å²) in [6, 6.07) is 5.76. The Labute approximate surface area is 102 Å². The van der Waals surface area contributed by atoms with Crippen molar-refractivity contribution >= 4 is 17.2 Å². The van der Waals surface area contributed by atoms with Crippen LogP contribution in [0.25, 0.3) is 22.5 Å². The number of hydrogen-bond acceptors (Lipinski definition) is 5. The lowest BCUT2D eigenvalue weighted by Gasteiger charge is -2.00. The van der Waals surface area contributed by atoms with E-state index in [2.05, 4.69) is 10.1 Å². The highest BCUT2D eigenvalue weighted by molar-refractivity contribution is 7.08. The zero-order chi connectivity index (χ0) is 11.7. The Morgan fingerprint density at radius 1 is 1.12 bits per heavy atom. The highest BCUT2D eigenvalue weighted by Crippen LogP contribution is 2.36. The van der Waals surface area contributed by atoms with E-state index in [-0.39, 0.29) is 0 Å². The molecule has 2 N–H and O–H groups in total. The molecular weight excluding hydrogens is 234 g/mol. The Hall–Kier alpha value is -2.14. The van der Waals surface area contributed by atoms with E-state index in [1.54, 1.807) is 23.7 Å². The van der Waals surface area contributed by atoms with Crippen LogP contribution in [-0.4, -0.2) is 10.1 Å². The summed E-state index contributed by atoms with van der Waals surface area (Å²) in [7, 11) is 0. The molecule has 0 atom stereocenters. The van der Waals surface area contributed by atoms with Crippen molar-refractivity contribution in [3.8, 4) is 22.5 Å². The molecule has 0 unspecified atom stereocenters. The van der Waals surface area contributed by atoms with Crippen molar-refractivity contribution in [3.05, 3.63) is 41.4 Å². The van der Waals surface area contributed by atoms with Gasteiger partial charge >= 0.3 is 0 Å². The molecule has 84 valence electrons. The fraction of sp³-hybridized carbons (Fsp3) is 0. The van der Waals surface area contributed by atoms with Gasteiger partial charge in [-0.05, 0) is 29.1 Å². The van der Waals surface area contributed by atoms with E-state index in [0.29, 0.717) is 11.6 Å². The largest absolute Gasteiger partial charge is 0.380 e. The van der Waals surface area contributed by atoms with Crippen molar-refractivity contribution in [2.75, 3.05) is 5.73 Å². The molecule has 0 fully saturated rings. The molecule has 3 rings (SSSR count). The summed E-state index contributed by atoms with van der Waals surface area (Å²) >= 11 is 1.61. The first-order chi connectivity index (χ1) is 8.36. The summed E-state index contributed by atoms with van der Waals surface area (Å²) in [4.78, 5) is 3.99. The third-order valence-corrected chi connectivity index (χ3v) is 3.15. The first-order valence-electron chi connectivity index (χ1n) is 5.04. The second-order valence-electron chi connectivity index (χ2n) is 3.52. The Morgan fingerprint density at radius 3 is 2.65 bits per heavy atom. The standard InChI is InChI=1S/C12H9N3OS/c13-12-10(8-1-4-14-5-2-8)11(16-15-12)9-3-6-17-7-9/h1-7H,(H2,13,15). The van der Waals surface area contributed by atoms with Gasteiger partial charge in [0.15, 0.2) is 11.6 Å². The monoisotopic (exact) mass is 243 g/mol. The summed E-state index contributed by atoms with van der Waals surface area (Å²) in [5.74, 6) is 1.10. The quantitative estimate of drug-likeness (QED) is 0.751. The molecule has 3 aromatic rings. The van der Waals surface area contributed by atoms with Gasteiger partial charge in [0.1, 0.15) is 0 Å². The molecule has 0 spiro atoms. The van der Waals surface area contributed by atoms with Crippen LogP contribution in [-0.2, 0) is 0 Å². The van der Waals surface area contributed by atoms with E-state index in [1.165, 1.54) is 0 Å². The molecule has 5 heteroatoms. The van der Waals surface area contributed by atoms with Crippen LogP contribution in [0.5, 0.6) is 0 Å². The molecule has 0 saturated carbocycles. The second-order valence-corrected chi connectivity index (χ2v) is 4.30. The number of rotatable bonds is 2. The van der Waals surface area contributed by atoms with Crippen molar-refractivity contribution in [3.63, 3.8) is 0 Å². The molecule has 0 amide bonds. The molecule has 4 nitrogen and oxygen atoms in total. The van der Waals surface area contributed by atoms with Gasteiger partial charge in [0.05, 0.1) is 5.56 Å². The maximum absolute atomic E-state index is 5.86. The minimum absolute atomic E-state index is 0.400.